The Morgan fingerprint density at radius 1 is 1.00 bits per heavy atom. The minimum Gasteiger partial charge on any atom is -0.488 e. The predicted octanol–water partition coefficient (Wildman–Crippen LogP) is 5.05. The first kappa shape index (κ1) is 19.0. The van der Waals surface area contributed by atoms with E-state index in [0.29, 0.717) is 34.9 Å². The molecule has 6 heteroatoms. The van der Waals surface area contributed by atoms with Gasteiger partial charge in [-0.25, -0.2) is 14.3 Å². The molecule has 0 saturated carbocycles. The van der Waals surface area contributed by atoms with E-state index < -0.39 is 6.09 Å². The molecule has 4 aromatic rings. The molecule has 0 atom stereocenters. The molecule has 0 aliphatic carbocycles. The van der Waals surface area contributed by atoms with Gasteiger partial charge in [0.25, 0.3) is 0 Å². The zero-order valence-electron chi connectivity index (χ0n) is 15.9. The number of nitrogens with zero attached hydrogens (tertiary/aromatic N) is 3. The standard InChI is InChI=1S/C24H17N3O3/c25-14-20-13-19(11-12-23(20)29-16-18-7-3-1-4-8-18)22-15-27(17-26-22)24(28)30-21-9-5-2-6-10-21/h1-13,15,17H,16H2. The van der Waals surface area contributed by atoms with Crippen molar-refractivity contribution in [3.05, 3.63) is 103 Å². The predicted molar refractivity (Wildman–Crippen MR) is 111 cm³/mol. The molecule has 0 radical (unpaired) electrons. The van der Waals surface area contributed by atoms with E-state index in [1.807, 2.05) is 36.4 Å². The number of ether oxygens (including phenoxy) is 2. The van der Waals surface area contributed by atoms with Crippen molar-refractivity contribution in [2.45, 2.75) is 6.61 Å². The zero-order valence-corrected chi connectivity index (χ0v) is 15.9. The van der Waals surface area contributed by atoms with E-state index in [-0.39, 0.29) is 0 Å². The molecule has 0 N–H and O–H groups in total. The summed E-state index contributed by atoms with van der Waals surface area (Å²) in [4.78, 5) is 16.5. The first-order valence-corrected chi connectivity index (χ1v) is 9.25. The quantitative estimate of drug-likeness (QED) is 0.473. The van der Waals surface area contributed by atoms with Gasteiger partial charge in [0.1, 0.15) is 30.5 Å². The lowest BCUT2D eigenvalue weighted by atomic mass is 10.1. The van der Waals surface area contributed by atoms with Gasteiger partial charge in [-0.15, -0.1) is 0 Å². The number of imidazole rings is 1. The van der Waals surface area contributed by atoms with E-state index in [1.54, 1.807) is 48.7 Å². The van der Waals surface area contributed by atoms with E-state index in [4.69, 9.17) is 9.47 Å². The smallest absolute Gasteiger partial charge is 0.424 e. The molecule has 0 bridgehead atoms. The highest BCUT2D eigenvalue weighted by Gasteiger charge is 2.12. The molecule has 1 aromatic heterocycles. The van der Waals surface area contributed by atoms with Crippen molar-refractivity contribution in [1.82, 2.24) is 9.55 Å². The number of hydrogen-bond donors (Lipinski definition) is 0. The van der Waals surface area contributed by atoms with E-state index in [9.17, 15) is 10.1 Å². The molecule has 0 unspecified atom stereocenters. The zero-order chi connectivity index (χ0) is 20.8. The van der Waals surface area contributed by atoms with Crippen molar-refractivity contribution in [2.24, 2.45) is 0 Å². The lowest BCUT2D eigenvalue weighted by molar-refractivity contribution is 0.202. The van der Waals surface area contributed by atoms with Crippen LogP contribution >= 0.6 is 0 Å². The van der Waals surface area contributed by atoms with Crippen molar-refractivity contribution < 1.29 is 14.3 Å². The maximum Gasteiger partial charge on any atom is 0.424 e. The van der Waals surface area contributed by atoms with Crippen LogP contribution in [0.4, 0.5) is 4.79 Å². The number of carbonyl (C=O) groups is 1. The lowest BCUT2D eigenvalue weighted by Crippen LogP contribution is -2.14. The average molecular weight is 395 g/mol. The summed E-state index contributed by atoms with van der Waals surface area (Å²) >= 11 is 0. The Bertz CT molecular complexity index is 1200. The molecule has 0 saturated heterocycles. The molecule has 4 rings (SSSR count). The fraction of sp³-hybridized carbons (Fsp3) is 0.0417. The topological polar surface area (TPSA) is 77.1 Å². The maximum absolute atomic E-state index is 12.3. The van der Waals surface area contributed by atoms with Crippen molar-refractivity contribution in [1.29, 1.82) is 5.26 Å². The van der Waals surface area contributed by atoms with Crippen LogP contribution < -0.4 is 9.47 Å². The second-order valence-corrected chi connectivity index (χ2v) is 6.44. The van der Waals surface area contributed by atoms with Crippen LogP contribution in [0, 0.1) is 11.3 Å². The summed E-state index contributed by atoms with van der Waals surface area (Å²) in [7, 11) is 0. The SMILES string of the molecule is N#Cc1cc(-c2cn(C(=O)Oc3ccccc3)cn2)ccc1OCc1ccccc1. The van der Waals surface area contributed by atoms with Gasteiger partial charge in [-0.3, -0.25) is 0 Å². The highest BCUT2D eigenvalue weighted by Crippen LogP contribution is 2.26. The highest BCUT2D eigenvalue weighted by molar-refractivity contribution is 5.75. The van der Waals surface area contributed by atoms with Crippen LogP contribution in [0.3, 0.4) is 0 Å². The van der Waals surface area contributed by atoms with Crippen LogP contribution in [0.1, 0.15) is 11.1 Å². The van der Waals surface area contributed by atoms with Crippen LogP contribution in [-0.4, -0.2) is 15.6 Å². The minimum absolute atomic E-state index is 0.370. The second-order valence-electron chi connectivity index (χ2n) is 6.44. The number of aromatic nitrogens is 2. The molecule has 1 heterocycles. The Hall–Kier alpha value is -4.37. The Labute approximate surface area is 173 Å². The van der Waals surface area contributed by atoms with Crippen molar-refractivity contribution >= 4 is 6.09 Å². The first-order valence-electron chi connectivity index (χ1n) is 9.25. The lowest BCUT2D eigenvalue weighted by Gasteiger charge is -2.09. The molecule has 0 spiro atoms. The summed E-state index contributed by atoms with van der Waals surface area (Å²) in [5.41, 5.74) is 2.65. The largest absolute Gasteiger partial charge is 0.488 e. The third-order valence-electron chi connectivity index (χ3n) is 4.37. The van der Waals surface area contributed by atoms with Gasteiger partial charge in [0.2, 0.25) is 0 Å². The van der Waals surface area contributed by atoms with Gasteiger partial charge in [-0.2, -0.15) is 5.26 Å². The van der Waals surface area contributed by atoms with Gasteiger partial charge in [0.05, 0.1) is 11.3 Å². The van der Waals surface area contributed by atoms with Crippen molar-refractivity contribution in [3.8, 4) is 28.8 Å². The molecule has 0 aliphatic heterocycles. The Morgan fingerprint density at radius 3 is 2.47 bits per heavy atom. The van der Waals surface area contributed by atoms with E-state index in [1.165, 1.54) is 10.9 Å². The van der Waals surface area contributed by atoms with E-state index >= 15 is 0 Å². The van der Waals surface area contributed by atoms with Gasteiger partial charge in [0, 0.05) is 11.8 Å². The second kappa shape index (κ2) is 8.76. The number of nitriles is 1. The number of benzene rings is 3. The molecule has 30 heavy (non-hydrogen) atoms. The molecule has 0 aliphatic rings. The van der Waals surface area contributed by atoms with Gasteiger partial charge in [-0.1, -0.05) is 48.5 Å². The molecule has 3 aromatic carbocycles. The van der Waals surface area contributed by atoms with Crippen LogP contribution in [0.25, 0.3) is 11.3 Å². The summed E-state index contributed by atoms with van der Waals surface area (Å²) in [6, 6.07) is 25.9. The van der Waals surface area contributed by atoms with E-state index in [2.05, 4.69) is 11.1 Å². The van der Waals surface area contributed by atoms with Crippen molar-refractivity contribution in [2.75, 3.05) is 0 Å². The Kier molecular flexibility index (Phi) is 5.54. The molecule has 0 fully saturated rings. The maximum atomic E-state index is 12.3. The summed E-state index contributed by atoms with van der Waals surface area (Å²) in [6.45, 7) is 0.370. The summed E-state index contributed by atoms with van der Waals surface area (Å²) in [6.07, 6.45) is 2.38. The fourth-order valence-corrected chi connectivity index (χ4v) is 2.85. The average Bonchev–Trinajstić information content (AvgIpc) is 3.29. The van der Waals surface area contributed by atoms with Gasteiger partial charge in [-0.05, 0) is 35.9 Å². The van der Waals surface area contributed by atoms with Crippen LogP contribution in [0.5, 0.6) is 11.5 Å². The van der Waals surface area contributed by atoms with Crippen LogP contribution in [-0.2, 0) is 6.61 Å². The molecule has 146 valence electrons. The first-order chi connectivity index (χ1) is 14.7. The Morgan fingerprint density at radius 2 is 1.73 bits per heavy atom. The number of carbonyl (C=O) groups excluding carboxylic acids is 1. The molecular formula is C24H17N3O3. The molecular weight excluding hydrogens is 378 g/mol. The molecule has 6 nitrogen and oxygen atoms in total. The Balaban J connectivity index is 1.49. The summed E-state index contributed by atoms with van der Waals surface area (Å²) in [5.74, 6) is 0.942. The van der Waals surface area contributed by atoms with Crippen LogP contribution in [0.2, 0.25) is 0 Å². The third kappa shape index (κ3) is 4.37. The van der Waals surface area contributed by atoms with Crippen molar-refractivity contribution in [3.63, 3.8) is 0 Å². The number of hydrogen-bond acceptors (Lipinski definition) is 5. The minimum atomic E-state index is -0.566. The molecule has 0 amide bonds. The van der Waals surface area contributed by atoms with Gasteiger partial charge < -0.3 is 9.47 Å². The summed E-state index contributed by atoms with van der Waals surface area (Å²) < 4.78 is 12.3. The van der Waals surface area contributed by atoms with Gasteiger partial charge in [0.15, 0.2) is 0 Å². The van der Waals surface area contributed by atoms with E-state index in [0.717, 1.165) is 5.56 Å². The summed E-state index contributed by atoms with van der Waals surface area (Å²) in [5, 5.41) is 9.51. The third-order valence-corrected chi connectivity index (χ3v) is 4.37. The number of para-hydroxylation sites is 1. The fourth-order valence-electron chi connectivity index (χ4n) is 2.85. The highest BCUT2D eigenvalue weighted by atomic mass is 16.6. The monoisotopic (exact) mass is 395 g/mol. The van der Waals surface area contributed by atoms with Crippen LogP contribution in [0.15, 0.2) is 91.4 Å². The normalized spacial score (nSPS) is 10.2. The number of rotatable bonds is 5. The van der Waals surface area contributed by atoms with Gasteiger partial charge >= 0.3 is 6.09 Å².